The van der Waals surface area contributed by atoms with Crippen molar-refractivity contribution in [3.05, 3.63) is 30.3 Å². The van der Waals surface area contributed by atoms with Gasteiger partial charge in [0.1, 0.15) is 0 Å². The lowest BCUT2D eigenvalue weighted by Gasteiger charge is -2.24. The van der Waals surface area contributed by atoms with Gasteiger partial charge in [-0.3, -0.25) is 0 Å². The highest BCUT2D eigenvalue weighted by Crippen LogP contribution is 2.13. The van der Waals surface area contributed by atoms with E-state index in [2.05, 4.69) is 29.2 Å². The third kappa shape index (κ3) is 4.32. The van der Waals surface area contributed by atoms with E-state index in [0.29, 0.717) is 0 Å². The first-order valence-electron chi connectivity index (χ1n) is 5.58. The fraction of sp³-hybridized carbons (Fsp3) is 0.500. The Morgan fingerprint density at radius 1 is 0.867 bits per heavy atom. The normalized spacial score (nSPS) is 10.3. The molecule has 0 radical (unpaired) electrons. The zero-order valence-corrected chi connectivity index (χ0v) is 9.23. The molecule has 0 atom stereocenters. The van der Waals surface area contributed by atoms with Crippen molar-refractivity contribution in [2.24, 2.45) is 11.5 Å². The Labute approximate surface area is 92.1 Å². The molecule has 0 spiro atoms. The largest absolute Gasteiger partial charge is 0.371 e. The molecule has 0 fully saturated rings. The van der Waals surface area contributed by atoms with Crippen LogP contribution in [-0.2, 0) is 0 Å². The van der Waals surface area contributed by atoms with Crippen LogP contribution in [-0.4, -0.2) is 26.2 Å². The number of nitrogens with zero attached hydrogens (tertiary/aromatic N) is 1. The number of nitrogens with two attached hydrogens (primary N) is 2. The molecule has 1 rings (SSSR count). The predicted octanol–water partition coefficient (Wildman–Crippen LogP) is 1.19. The Kier molecular flexibility index (Phi) is 5.81. The van der Waals surface area contributed by atoms with Crippen LogP contribution in [0, 0.1) is 0 Å². The molecule has 1 aromatic carbocycles. The van der Waals surface area contributed by atoms with Crippen LogP contribution in [0.25, 0.3) is 0 Å². The van der Waals surface area contributed by atoms with Crippen LogP contribution in [0.4, 0.5) is 5.69 Å². The second-order valence-electron chi connectivity index (χ2n) is 3.61. The summed E-state index contributed by atoms with van der Waals surface area (Å²) in [7, 11) is 0. The molecule has 0 amide bonds. The summed E-state index contributed by atoms with van der Waals surface area (Å²) in [6.45, 7) is 3.51. The first-order valence-corrected chi connectivity index (χ1v) is 5.58. The molecule has 3 heteroatoms. The monoisotopic (exact) mass is 207 g/mol. The third-order valence-electron chi connectivity index (χ3n) is 2.39. The number of hydrogen-bond donors (Lipinski definition) is 2. The van der Waals surface area contributed by atoms with Crippen molar-refractivity contribution in [1.29, 1.82) is 0 Å². The van der Waals surface area contributed by atoms with Gasteiger partial charge >= 0.3 is 0 Å². The van der Waals surface area contributed by atoms with Crippen molar-refractivity contribution in [2.75, 3.05) is 31.1 Å². The number of hydrogen-bond acceptors (Lipinski definition) is 3. The highest BCUT2D eigenvalue weighted by Gasteiger charge is 2.03. The molecule has 0 heterocycles. The average molecular weight is 207 g/mol. The fourth-order valence-electron chi connectivity index (χ4n) is 1.57. The summed E-state index contributed by atoms with van der Waals surface area (Å²) in [6, 6.07) is 10.4. The molecular weight excluding hydrogens is 186 g/mol. The van der Waals surface area contributed by atoms with E-state index in [4.69, 9.17) is 11.5 Å². The van der Waals surface area contributed by atoms with Gasteiger partial charge in [0.15, 0.2) is 0 Å². The van der Waals surface area contributed by atoms with Gasteiger partial charge in [-0.15, -0.1) is 0 Å². The van der Waals surface area contributed by atoms with Gasteiger partial charge in [0.05, 0.1) is 0 Å². The van der Waals surface area contributed by atoms with Crippen molar-refractivity contribution in [3.8, 4) is 0 Å². The third-order valence-corrected chi connectivity index (χ3v) is 2.39. The lowest BCUT2D eigenvalue weighted by Crippen LogP contribution is -2.28. The zero-order chi connectivity index (χ0) is 10.9. The Hall–Kier alpha value is -1.06. The molecule has 15 heavy (non-hydrogen) atoms. The van der Waals surface area contributed by atoms with Gasteiger partial charge in [-0.05, 0) is 38.1 Å². The lowest BCUT2D eigenvalue weighted by atomic mass is 10.2. The van der Waals surface area contributed by atoms with E-state index in [9.17, 15) is 0 Å². The molecule has 84 valence electrons. The summed E-state index contributed by atoms with van der Waals surface area (Å²) < 4.78 is 0. The van der Waals surface area contributed by atoms with Crippen molar-refractivity contribution in [2.45, 2.75) is 12.8 Å². The van der Waals surface area contributed by atoms with Crippen molar-refractivity contribution in [1.82, 2.24) is 0 Å². The highest BCUT2D eigenvalue weighted by atomic mass is 15.1. The highest BCUT2D eigenvalue weighted by molar-refractivity contribution is 5.45. The molecule has 0 bridgehead atoms. The fourth-order valence-corrected chi connectivity index (χ4v) is 1.57. The van der Waals surface area contributed by atoms with Crippen molar-refractivity contribution < 1.29 is 0 Å². The molecule has 4 N–H and O–H groups in total. The summed E-state index contributed by atoms with van der Waals surface area (Å²) in [5, 5.41) is 0. The van der Waals surface area contributed by atoms with Gasteiger partial charge in [-0.1, -0.05) is 18.2 Å². The van der Waals surface area contributed by atoms with E-state index >= 15 is 0 Å². The molecule has 0 saturated carbocycles. The molecular formula is C12H21N3. The van der Waals surface area contributed by atoms with Crippen LogP contribution in [0.3, 0.4) is 0 Å². The lowest BCUT2D eigenvalue weighted by molar-refractivity contribution is 0.702. The van der Waals surface area contributed by atoms with E-state index < -0.39 is 0 Å². The molecule has 0 unspecified atom stereocenters. The summed E-state index contributed by atoms with van der Waals surface area (Å²) in [4.78, 5) is 2.35. The second-order valence-corrected chi connectivity index (χ2v) is 3.61. The van der Waals surface area contributed by atoms with E-state index in [-0.39, 0.29) is 0 Å². The van der Waals surface area contributed by atoms with Crippen molar-refractivity contribution in [3.63, 3.8) is 0 Å². The smallest absolute Gasteiger partial charge is 0.0366 e. The Morgan fingerprint density at radius 2 is 1.40 bits per heavy atom. The molecule has 3 nitrogen and oxygen atoms in total. The van der Waals surface area contributed by atoms with E-state index in [0.717, 1.165) is 39.0 Å². The van der Waals surface area contributed by atoms with Gasteiger partial charge in [-0.2, -0.15) is 0 Å². The SMILES string of the molecule is NCCCN(CCCN)c1ccccc1. The van der Waals surface area contributed by atoms with Gasteiger partial charge in [0.2, 0.25) is 0 Å². The number of anilines is 1. The molecule has 0 aliphatic rings. The number of para-hydroxylation sites is 1. The number of benzene rings is 1. The number of rotatable bonds is 7. The molecule has 0 aliphatic heterocycles. The van der Waals surface area contributed by atoms with Crippen molar-refractivity contribution >= 4 is 5.69 Å². The van der Waals surface area contributed by atoms with Crippen LogP contribution in [0.5, 0.6) is 0 Å². The van der Waals surface area contributed by atoms with Crippen LogP contribution in [0.1, 0.15) is 12.8 Å². The zero-order valence-electron chi connectivity index (χ0n) is 9.23. The molecule has 0 aromatic heterocycles. The maximum Gasteiger partial charge on any atom is 0.0366 e. The topological polar surface area (TPSA) is 55.3 Å². The van der Waals surface area contributed by atoms with Gasteiger partial charge in [0, 0.05) is 18.8 Å². The Morgan fingerprint density at radius 3 is 1.87 bits per heavy atom. The summed E-state index contributed by atoms with van der Waals surface area (Å²) in [6.07, 6.45) is 2.05. The van der Waals surface area contributed by atoms with Crippen LogP contribution in [0.2, 0.25) is 0 Å². The Balaban J connectivity index is 2.55. The first-order chi connectivity index (χ1) is 7.38. The average Bonchev–Trinajstić information content (AvgIpc) is 2.30. The maximum absolute atomic E-state index is 5.53. The minimum atomic E-state index is 0.742. The van der Waals surface area contributed by atoms with E-state index in [1.807, 2.05) is 6.07 Å². The minimum Gasteiger partial charge on any atom is -0.371 e. The second kappa shape index (κ2) is 7.26. The maximum atomic E-state index is 5.53. The first kappa shape index (κ1) is 12.0. The molecule has 1 aromatic rings. The predicted molar refractivity (Wildman–Crippen MR) is 66.0 cm³/mol. The minimum absolute atomic E-state index is 0.742. The van der Waals surface area contributed by atoms with Gasteiger partial charge in [0.25, 0.3) is 0 Å². The standard InChI is InChI=1S/C12H21N3/c13-8-4-10-15(11-5-9-14)12-6-2-1-3-7-12/h1-3,6-7H,4-5,8-11,13-14H2. The van der Waals surface area contributed by atoms with Gasteiger partial charge < -0.3 is 16.4 Å². The van der Waals surface area contributed by atoms with Gasteiger partial charge in [-0.25, -0.2) is 0 Å². The molecule has 0 aliphatic carbocycles. The summed E-state index contributed by atoms with van der Waals surface area (Å²) in [5.74, 6) is 0. The van der Waals surface area contributed by atoms with Crippen LogP contribution in [0.15, 0.2) is 30.3 Å². The summed E-state index contributed by atoms with van der Waals surface area (Å²) >= 11 is 0. The molecule has 0 saturated heterocycles. The quantitative estimate of drug-likeness (QED) is 0.706. The Bertz CT molecular complexity index is 240. The van der Waals surface area contributed by atoms with E-state index in [1.54, 1.807) is 0 Å². The van der Waals surface area contributed by atoms with Crippen LogP contribution < -0.4 is 16.4 Å². The van der Waals surface area contributed by atoms with Crippen LogP contribution >= 0.6 is 0 Å². The summed E-state index contributed by atoms with van der Waals surface area (Å²) in [5.41, 5.74) is 12.3. The van der Waals surface area contributed by atoms with E-state index in [1.165, 1.54) is 5.69 Å².